The van der Waals surface area contributed by atoms with Gasteiger partial charge in [-0.05, 0) is 17.7 Å². The largest absolute Gasteiger partial charge is 0.455 e. The van der Waals surface area contributed by atoms with Gasteiger partial charge in [0.1, 0.15) is 11.8 Å². The lowest BCUT2D eigenvalue weighted by molar-refractivity contribution is -0.291. The van der Waals surface area contributed by atoms with Crippen LogP contribution in [-0.2, 0) is 0 Å². The molecule has 0 amide bonds. The lowest BCUT2D eigenvalue weighted by Crippen LogP contribution is -2.45. The van der Waals surface area contributed by atoms with E-state index in [4.69, 9.17) is 5.73 Å². The molecule has 20 heavy (non-hydrogen) atoms. The van der Waals surface area contributed by atoms with Gasteiger partial charge in [0.25, 0.3) is 0 Å². The molecule has 0 unspecified atom stereocenters. The molecule has 0 saturated heterocycles. The molecular formula is C10H9ClF7NO. The standard InChI is InChI=1S/C10H8F7NO.ClH/c11-8(12)19-6-3-1-5(2-4-6)7(18)9(13,14)10(15,16)17;/h1-4,7-8H,18H2;1H/t7-;/m1./s1. The minimum absolute atomic E-state index is 0. The summed E-state index contributed by atoms with van der Waals surface area (Å²) in [5.74, 6) is -5.50. The van der Waals surface area contributed by atoms with E-state index in [2.05, 4.69) is 4.74 Å². The second kappa shape index (κ2) is 6.49. The zero-order chi connectivity index (χ0) is 14.8. The van der Waals surface area contributed by atoms with E-state index in [-0.39, 0.29) is 18.2 Å². The summed E-state index contributed by atoms with van der Waals surface area (Å²) < 4.78 is 89.6. The van der Waals surface area contributed by atoms with Crippen molar-refractivity contribution in [1.82, 2.24) is 0 Å². The molecule has 116 valence electrons. The number of hydrogen-bond donors (Lipinski definition) is 1. The van der Waals surface area contributed by atoms with Crippen molar-refractivity contribution in [2.45, 2.75) is 24.8 Å². The fourth-order valence-electron chi connectivity index (χ4n) is 1.24. The SMILES string of the molecule is Cl.N[C@H](c1ccc(OC(F)F)cc1)C(F)(F)C(F)(F)F. The van der Waals surface area contributed by atoms with Crippen molar-refractivity contribution < 1.29 is 35.5 Å². The van der Waals surface area contributed by atoms with Crippen LogP contribution in [-0.4, -0.2) is 18.7 Å². The second-order valence-electron chi connectivity index (χ2n) is 3.55. The number of halogens is 8. The van der Waals surface area contributed by atoms with Gasteiger partial charge < -0.3 is 10.5 Å². The Morgan fingerprint density at radius 3 is 1.75 bits per heavy atom. The van der Waals surface area contributed by atoms with E-state index in [9.17, 15) is 30.7 Å². The topological polar surface area (TPSA) is 35.2 Å². The summed E-state index contributed by atoms with van der Waals surface area (Å²) >= 11 is 0. The van der Waals surface area contributed by atoms with E-state index in [0.29, 0.717) is 0 Å². The number of hydrogen-bond acceptors (Lipinski definition) is 2. The zero-order valence-corrected chi connectivity index (χ0v) is 10.3. The van der Waals surface area contributed by atoms with Crippen molar-refractivity contribution in [3.63, 3.8) is 0 Å². The van der Waals surface area contributed by atoms with Crippen LogP contribution in [0.25, 0.3) is 0 Å². The van der Waals surface area contributed by atoms with Gasteiger partial charge >= 0.3 is 18.7 Å². The number of alkyl halides is 7. The van der Waals surface area contributed by atoms with Crippen LogP contribution in [0.3, 0.4) is 0 Å². The molecule has 2 N–H and O–H groups in total. The first kappa shape index (κ1) is 18.8. The Morgan fingerprint density at radius 2 is 1.40 bits per heavy atom. The van der Waals surface area contributed by atoms with Crippen molar-refractivity contribution >= 4 is 12.4 Å². The smallest absolute Gasteiger partial charge is 0.435 e. The molecule has 0 aromatic heterocycles. The highest BCUT2D eigenvalue weighted by molar-refractivity contribution is 5.85. The third-order valence-electron chi connectivity index (χ3n) is 2.23. The summed E-state index contributed by atoms with van der Waals surface area (Å²) in [5, 5.41) is 0. The highest BCUT2D eigenvalue weighted by atomic mass is 35.5. The average Bonchev–Trinajstić information content (AvgIpc) is 2.26. The molecule has 0 heterocycles. The summed E-state index contributed by atoms with van der Waals surface area (Å²) in [5.41, 5.74) is 4.30. The van der Waals surface area contributed by atoms with Crippen LogP contribution < -0.4 is 10.5 Å². The first-order valence-corrected chi connectivity index (χ1v) is 4.80. The minimum Gasteiger partial charge on any atom is -0.435 e. The van der Waals surface area contributed by atoms with Gasteiger partial charge in [0.15, 0.2) is 0 Å². The third-order valence-corrected chi connectivity index (χ3v) is 2.23. The van der Waals surface area contributed by atoms with Crippen molar-refractivity contribution in [2.24, 2.45) is 5.73 Å². The number of rotatable bonds is 4. The third kappa shape index (κ3) is 4.14. The maximum Gasteiger partial charge on any atom is 0.455 e. The predicted molar refractivity (Wildman–Crippen MR) is 58.3 cm³/mol. The fraction of sp³-hybridized carbons (Fsp3) is 0.400. The molecule has 1 aromatic rings. The van der Waals surface area contributed by atoms with E-state index in [1.165, 1.54) is 0 Å². The van der Waals surface area contributed by atoms with Gasteiger partial charge in [-0.25, -0.2) is 0 Å². The molecule has 10 heteroatoms. The lowest BCUT2D eigenvalue weighted by Gasteiger charge is -2.26. The molecule has 1 atom stereocenters. The fourth-order valence-corrected chi connectivity index (χ4v) is 1.24. The van der Waals surface area contributed by atoms with Gasteiger partial charge in [0.05, 0.1) is 0 Å². The van der Waals surface area contributed by atoms with Crippen molar-refractivity contribution in [3.05, 3.63) is 29.8 Å². The summed E-state index contributed by atoms with van der Waals surface area (Å²) in [4.78, 5) is 0. The highest BCUT2D eigenvalue weighted by Crippen LogP contribution is 2.43. The average molecular weight is 328 g/mol. The van der Waals surface area contributed by atoms with Crippen molar-refractivity contribution in [1.29, 1.82) is 0 Å². The van der Waals surface area contributed by atoms with Crippen LogP contribution in [0.4, 0.5) is 30.7 Å². The second-order valence-corrected chi connectivity index (χ2v) is 3.55. The highest BCUT2D eigenvalue weighted by Gasteiger charge is 2.61. The molecule has 0 bridgehead atoms. The summed E-state index contributed by atoms with van der Waals surface area (Å²) in [6.45, 7) is -3.13. The van der Waals surface area contributed by atoms with E-state index < -0.39 is 30.3 Å². The maximum atomic E-state index is 12.9. The molecule has 1 rings (SSSR count). The molecule has 1 aromatic carbocycles. The van der Waals surface area contributed by atoms with Crippen molar-refractivity contribution in [2.75, 3.05) is 0 Å². The van der Waals surface area contributed by atoms with Gasteiger partial charge in [-0.15, -0.1) is 12.4 Å². The number of benzene rings is 1. The Morgan fingerprint density at radius 1 is 0.950 bits per heavy atom. The summed E-state index contributed by atoms with van der Waals surface area (Å²) in [6, 6.07) is 0.555. The molecule has 0 radical (unpaired) electrons. The first-order chi connectivity index (χ1) is 8.55. The molecule has 0 fully saturated rings. The van der Waals surface area contributed by atoms with E-state index in [0.717, 1.165) is 24.3 Å². The van der Waals surface area contributed by atoms with E-state index in [1.807, 2.05) is 0 Å². The Hall–Kier alpha value is -1.22. The number of ether oxygens (including phenoxy) is 1. The monoisotopic (exact) mass is 327 g/mol. The Balaban J connectivity index is 0.00000361. The lowest BCUT2D eigenvalue weighted by atomic mass is 10.0. The van der Waals surface area contributed by atoms with E-state index >= 15 is 0 Å². The Kier molecular flexibility index (Phi) is 6.09. The first-order valence-electron chi connectivity index (χ1n) is 4.80. The quantitative estimate of drug-likeness (QED) is 0.851. The molecule has 0 aliphatic heterocycles. The molecule has 0 saturated carbocycles. The maximum absolute atomic E-state index is 12.9. The van der Waals surface area contributed by atoms with Gasteiger partial charge in [-0.3, -0.25) is 0 Å². The van der Waals surface area contributed by atoms with Gasteiger partial charge in [-0.2, -0.15) is 30.7 Å². The Bertz CT molecular complexity index is 421. The zero-order valence-electron chi connectivity index (χ0n) is 9.50. The minimum atomic E-state index is -5.80. The molecule has 0 spiro atoms. The molecule has 0 aliphatic carbocycles. The normalized spacial score (nSPS) is 13.8. The van der Waals surface area contributed by atoms with Crippen LogP contribution >= 0.6 is 12.4 Å². The van der Waals surface area contributed by atoms with Crippen LogP contribution in [0.2, 0.25) is 0 Å². The van der Waals surface area contributed by atoms with Crippen LogP contribution in [0.1, 0.15) is 11.6 Å². The van der Waals surface area contributed by atoms with Gasteiger partial charge in [0, 0.05) is 0 Å². The Labute approximate surface area is 115 Å². The molecule has 0 aliphatic rings. The van der Waals surface area contributed by atoms with Crippen LogP contribution in [0.5, 0.6) is 5.75 Å². The molecule has 2 nitrogen and oxygen atoms in total. The summed E-state index contributed by atoms with van der Waals surface area (Å²) in [7, 11) is 0. The van der Waals surface area contributed by atoms with Crippen molar-refractivity contribution in [3.8, 4) is 5.75 Å². The van der Waals surface area contributed by atoms with E-state index in [1.54, 1.807) is 0 Å². The van der Waals surface area contributed by atoms with Crippen LogP contribution in [0, 0.1) is 0 Å². The molecular weight excluding hydrogens is 319 g/mol. The van der Waals surface area contributed by atoms with Gasteiger partial charge in [0.2, 0.25) is 0 Å². The van der Waals surface area contributed by atoms with Crippen LogP contribution in [0.15, 0.2) is 24.3 Å². The van der Waals surface area contributed by atoms with Gasteiger partial charge in [-0.1, -0.05) is 12.1 Å². The predicted octanol–water partition coefficient (Wildman–Crippen LogP) is 3.91. The summed E-state index contributed by atoms with van der Waals surface area (Å²) in [6.07, 6.45) is -5.80. The number of nitrogens with two attached hydrogens (primary N) is 1.